The zero-order valence-corrected chi connectivity index (χ0v) is 19.0. The third-order valence-electron chi connectivity index (χ3n) is 6.02. The van der Waals surface area contributed by atoms with Crippen molar-refractivity contribution < 1.29 is 19.4 Å². The maximum Gasteiger partial charge on any atom is 0.254 e. The van der Waals surface area contributed by atoms with Crippen LogP contribution in [0.15, 0.2) is 42.5 Å². The van der Waals surface area contributed by atoms with E-state index in [0.29, 0.717) is 41.6 Å². The number of aromatic hydroxyl groups is 1. The molecule has 0 radical (unpaired) electrons. The van der Waals surface area contributed by atoms with Gasteiger partial charge in [-0.05, 0) is 50.1 Å². The Labute approximate surface area is 188 Å². The average Bonchev–Trinajstić information content (AvgIpc) is 3.58. The standard InChI is InChI=1S/C25H29N3O4/c1-16-21(6-5-7-23(16)29)25(30)28(14-18-10-11-20(31-3)13-24(18)32-4)15-19-12-22(17-8-9-17)26-27(19)2/h5-7,10-13,17,29H,8-9,14-15H2,1-4H3. The lowest BCUT2D eigenvalue weighted by atomic mass is 10.1. The van der Waals surface area contributed by atoms with Crippen LogP contribution in [0.4, 0.5) is 0 Å². The number of ether oxygens (including phenoxy) is 2. The summed E-state index contributed by atoms with van der Waals surface area (Å²) in [4.78, 5) is 15.4. The molecule has 0 bridgehead atoms. The summed E-state index contributed by atoms with van der Waals surface area (Å²) in [5.74, 6) is 1.82. The van der Waals surface area contributed by atoms with Crippen molar-refractivity contribution in [3.05, 3.63) is 70.5 Å². The van der Waals surface area contributed by atoms with Crippen LogP contribution in [0, 0.1) is 6.92 Å². The fourth-order valence-corrected chi connectivity index (χ4v) is 3.87. The first-order chi connectivity index (χ1) is 15.4. The van der Waals surface area contributed by atoms with E-state index in [2.05, 4.69) is 11.2 Å². The molecule has 3 aromatic rings. The van der Waals surface area contributed by atoms with Gasteiger partial charge in [0.15, 0.2) is 0 Å². The van der Waals surface area contributed by atoms with Gasteiger partial charge in [0.25, 0.3) is 5.91 Å². The smallest absolute Gasteiger partial charge is 0.254 e. The summed E-state index contributed by atoms with van der Waals surface area (Å²) in [7, 11) is 5.12. The molecule has 0 spiro atoms. The molecular weight excluding hydrogens is 406 g/mol. The van der Waals surface area contributed by atoms with Crippen LogP contribution in [0.25, 0.3) is 0 Å². The van der Waals surface area contributed by atoms with E-state index >= 15 is 0 Å². The van der Waals surface area contributed by atoms with Gasteiger partial charge in [0, 0.05) is 35.7 Å². The van der Waals surface area contributed by atoms with Crippen molar-refractivity contribution in [1.82, 2.24) is 14.7 Å². The van der Waals surface area contributed by atoms with Crippen LogP contribution in [0.2, 0.25) is 0 Å². The van der Waals surface area contributed by atoms with Crippen molar-refractivity contribution in [2.75, 3.05) is 14.2 Å². The molecule has 4 rings (SSSR count). The van der Waals surface area contributed by atoms with Crippen LogP contribution in [0.1, 0.15) is 51.6 Å². The monoisotopic (exact) mass is 435 g/mol. The molecule has 168 valence electrons. The summed E-state index contributed by atoms with van der Waals surface area (Å²) in [5, 5.41) is 14.8. The lowest BCUT2D eigenvalue weighted by Crippen LogP contribution is -2.31. The lowest BCUT2D eigenvalue weighted by Gasteiger charge is -2.25. The fourth-order valence-electron chi connectivity index (χ4n) is 3.87. The Kier molecular flexibility index (Phi) is 6.08. The van der Waals surface area contributed by atoms with E-state index in [1.54, 1.807) is 44.2 Å². The largest absolute Gasteiger partial charge is 0.508 e. The van der Waals surface area contributed by atoms with E-state index in [0.717, 1.165) is 17.0 Å². The number of amides is 1. The second-order valence-corrected chi connectivity index (χ2v) is 8.25. The Balaban J connectivity index is 1.69. The predicted octanol–water partition coefficient (Wildman–Crippen LogP) is 4.17. The molecular formula is C25H29N3O4. The molecule has 1 aliphatic carbocycles. The fraction of sp³-hybridized carbons (Fsp3) is 0.360. The Morgan fingerprint density at radius 1 is 1.16 bits per heavy atom. The number of aryl methyl sites for hydroxylation is 1. The van der Waals surface area contributed by atoms with E-state index in [1.807, 2.05) is 29.9 Å². The number of phenols is 1. The first-order valence-corrected chi connectivity index (χ1v) is 10.7. The second-order valence-electron chi connectivity index (χ2n) is 8.25. The van der Waals surface area contributed by atoms with Crippen molar-refractivity contribution >= 4 is 5.91 Å². The molecule has 0 unspecified atom stereocenters. The first-order valence-electron chi connectivity index (χ1n) is 10.7. The summed E-state index contributed by atoms with van der Waals surface area (Å²) in [5.41, 5.74) is 3.95. The number of rotatable bonds is 8. The Hall–Kier alpha value is -3.48. The van der Waals surface area contributed by atoms with Gasteiger partial charge < -0.3 is 19.5 Å². The molecule has 7 heteroatoms. The number of hydrogen-bond acceptors (Lipinski definition) is 5. The molecule has 1 aliphatic rings. The van der Waals surface area contributed by atoms with Gasteiger partial charge >= 0.3 is 0 Å². The van der Waals surface area contributed by atoms with Crippen LogP contribution in [-0.2, 0) is 20.1 Å². The third kappa shape index (κ3) is 4.42. The number of phenolic OH excluding ortho intramolecular Hbond substituents is 1. The van der Waals surface area contributed by atoms with Crippen LogP contribution < -0.4 is 9.47 Å². The van der Waals surface area contributed by atoms with Gasteiger partial charge in [-0.3, -0.25) is 9.48 Å². The van der Waals surface area contributed by atoms with Crippen molar-refractivity contribution in [2.45, 2.75) is 38.8 Å². The molecule has 1 heterocycles. The molecule has 32 heavy (non-hydrogen) atoms. The van der Waals surface area contributed by atoms with Crippen molar-refractivity contribution in [2.24, 2.45) is 7.05 Å². The number of benzene rings is 2. The van der Waals surface area contributed by atoms with Gasteiger partial charge in [-0.15, -0.1) is 0 Å². The number of aromatic nitrogens is 2. The highest BCUT2D eigenvalue weighted by molar-refractivity contribution is 5.96. The van der Waals surface area contributed by atoms with Gasteiger partial charge in [0.1, 0.15) is 17.2 Å². The highest BCUT2D eigenvalue weighted by atomic mass is 16.5. The summed E-state index contributed by atoms with van der Waals surface area (Å²) < 4.78 is 12.7. The van der Waals surface area contributed by atoms with E-state index < -0.39 is 0 Å². The topological polar surface area (TPSA) is 76.8 Å². The normalized spacial score (nSPS) is 13.1. The van der Waals surface area contributed by atoms with Crippen molar-refractivity contribution in [3.63, 3.8) is 0 Å². The van der Waals surface area contributed by atoms with Crippen LogP contribution in [0.3, 0.4) is 0 Å². The Morgan fingerprint density at radius 2 is 1.94 bits per heavy atom. The zero-order chi connectivity index (χ0) is 22.8. The maximum atomic E-state index is 13.6. The van der Waals surface area contributed by atoms with Gasteiger partial charge in [0.05, 0.1) is 38.7 Å². The molecule has 1 aromatic heterocycles. The molecule has 0 aliphatic heterocycles. The summed E-state index contributed by atoms with van der Waals surface area (Å²) in [6, 6.07) is 12.7. The number of carbonyl (C=O) groups excluding carboxylic acids is 1. The quantitative estimate of drug-likeness (QED) is 0.575. The third-order valence-corrected chi connectivity index (χ3v) is 6.02. The Bertz CT molecular complexity index is 1130. The lowest BCUT2D eigenvalue weighted by molar-refractivity contribution is 0.0723. The molecule has 1 saturated carbocycles. The van der Waals surface area contributed by atoms with E-state index in [1.165, 1.54) is 12.8 Å². The van der Waals surface area contributed by atoms with E-state index in [4.69, 9.17) is 9.47 Å². The van der Waals surface area contributed by atoms with E-state index in [-0.39, 0.29) is 11.7 Å². The van der Waals surface area contributed by atoms with Gasteiger partial charge in [-0.25, -0.2) is 0 Å². The SMILES string of the molecule is COc1ccc(CN(Cc2cc(C3CC3)nn2C)C(=O)c2cccc(O)c2C)c(OC)c1. The molecule has 1 N–H and O–H groups in total. The molecule has 1 amide bonds. The highest BCUT2D eigenvalue weighted by Crippen LogP contribution is 2.39. The van der Waals surface area contributed by atoms with Gasteiger partial charge in [-0.2, -0.15) is 5.10 Å². The summed E-state index contributed by atoms with van der Waals surface area (Å²) in [6.07, 6.45) is 2.34. The van der Waals surface area contributed by atoms with Crippen LogP contribution in [-0.4, -0.2) is 39.9 Å². The summed E-state index contributed by atoms with van der Waals surface area (Å²) >= 11 is 0. The zero-order valence-electron chi connectivity index (χ0n) is 19.0. The van der Waals surface area contributed by atoms with Gasteiger partial charge in [-0.1, -0.05) is 6.07 Å². The number of hydrogen-bond donors (Lipinski definition) is 1. The number of methoxy groups -OCH3 is 2. The highest BCUT2D eigenvalue weighted by Gasteiger charge is 2.28. The van der Waals surface area contributed by atoms with Crippen molar-refractivity contribution in [1.29, 1.82) is 0 Å². The predicted molar refractivity (Wildman–Crippen MR) is 121 cm³/mol. The average molecular weight is 436 g/mol. The minimum Gasteiger partial charge on any atom is -0.508 e. The van der Waals surface area contributed by atoms with Crippen molar-refractivity contribution in [3.8, 4) is 17.2 Å². The summed E-state index contributed by atoms with van der Waals surface area (Å²) in [6.45, 7) is 2.48. The van der Waals surface area contributed by atoms with Crippen LogP contribution >= 0.6 is 0 Å². The number of carbonyl (C=O) groups is 1. The van der Waals surface area contributed by atoms with E-state index in [9.17, 15) is 9.90 Å². The minimum atomic E-state index is -0.162. The Morgan fingerprint density at radius 3 is 2.62 bits per heavy atom. The molecule has 1 fully saturated rings. The first kappa shape index (κ1) is 21.7. The molecule has 2 aromatic carbocycles. The van der Waals surface area contributed by atoms with Gasteiger partial charge in [0.2, 0.25) is 0 Å². The maximum absolute atomic E-state index is 13.6. The molecule has 0 atom stereocenters. The number of nitrogens with zero attached hydrogens (tertiary/aromatic N) is 3. The minimum absolute atomic E-state index is 0.106. The second kappa shape index (κ2) is 8.94. The van der Waals surface area contributed by atoms with Crippen LogP contribution in [0.5, 0.6) is 17.2 Å². The molecule has 7 nitrogen and oxygen atoms in total. The molecule has 0 saturated heterocycles.